The van der Waals surface area contributed by atoms with Gasteiger partial charge in [-0.2, -0.15) is 10.4 Å². The van der Waals surface area contributed by atoms with Gasteiger partial charge in [-0.3, -0.25) is 0 Å². The van der Waals surface area contributed by atoms with E-state index >= 15 is 0 Å². The van der Waals surface area contributed by atoms with Gasteiger partial charge in [-0.1, -0.05) is 24.3 Å². The number of aromatic nitrogens is 4. The first-order chi connectivity index (χ1) is 11.3. The lowest BCUT2D eigenvalue weighted by atomic mass is 10.1. The molecule has 2 heterocycles. The lowest BCUT2D eigenvalue weighted by molar-refractivity contribution is 0.880. The summed E-state index contributed by atoms with van der Waals surface area (Å²) in [4.78, 5) is 4.40. The molecule has 0 unspecified atom stereocenters. The van der Waals surface area contributed by atoms with Crippen molar-refractivity contribution in [3.05, 3.63) is 66.6 Å². The normalized spacial score (nSPS) is 10.8. The number of hydrogen-bond acceptors (Lipinski definition) is 3. The van der Waals surface area contributed by atoms with Crippen molar-refractivity contribution in [2.45, 2.75) is 0 Å². The van der Waals surface area contributed by atoms with Crippen LogP contribution in [0.2, 0.25) is 0 Å². The summed E-state index contributed by atoms with van der Waals surface area (Å²) in [6.07, 6.45) is 1.80. The molecular weight excluding hydrogens is 286 g/mol. The zero-order chi connectivity index (χ0) is 15.8. The Morgan fingerprint density at radius 3 is 2.65 bits per heavy atom. The van der Waals surface area contributed by atoms with E-state index in [2.05, 4.69) is 16.2 Å². The molecule has 0 atom stereocenters. The highest BCUT2D eigenvalue weighted by atomic mass is 15.3. The molecule has 0 aliphatic heterocycles. The fraction of sp³-hybridized carbons (Fsp3) is 0.0556. The molecule has 0 saturated heterocycles. The average Bonchev–Trinajstić information content (AvgIpc) is 3.19. The molecule has 0 aliphatic carbocycles. The summed E-state index contributed by atoms with van der Waals surface area (Å²) in [5, 5.41) is 13.6. The van der Waals surface area contributed by atoms with Crippen molar-refractivity contribution < 1.29 is 0 Å². The van der Waals surface area contributed by atoms with Gasteiger partial charge in [-0.05, 0) is 24.3 Å². The largest absolute Gasteiger partial charge is 0.334 e. The summed E-state index contributed by atoms with van der Waals surface area (Å²) in [6.45, 7) is 0. The Morgan fingerprint density at radius 2 is 1.87 bits per heavy atom. The monoisotopic (exact) mass is 299 g/mol. The average molecular weight is 299 g/mol. The van der Waals surface area contributed by atoms with Crippen LogP contribution >= 0.6 is 0 Å². The predicted octanol–water partition coefficient (Wildman–Crippen LogP) is 3.30. The quantitative estimate of drug-likeness (QED) is 0.570. The summed E-state index contributed by atoms with van der Waals surface area (Å²) >= 11 is 0. The molecule has 0 bridgehead atoms. The van der Waals surface area contributed by atoms with E-state index in [-0.39, 0.29) is 0 Å². The number of imidazole rings is 1. The van der Waals surface area contributed by atoms with E-state index < -0.39 is 0 Å². The molecule has 0 aliphatic rings. The SMILES string of the molecule is Cn1cnc2cc(-c3cc(C#N)nn3-c3ccccc3)ccc21. The highest BCUT2D eigenvalue weighted by Gasteiger charge is 2.12. The molecule has 0 radical (unpaired) electrons. The third-order valence-corrected chi connectivity index (χ3v) is 3.85. The summed E-state index contributed by atoms with van der Waals surface area (Å²) in [5.41, 5.74) is 5.16. The molecule has 0 N–H and O–H groups in total. The summed E-state index contributed by atoms with van der Waals surface area (Å²) < 4.78 is 3.77. The number of benzene rings is 2. The highest BCUT2D eigenvalue weighted by Crippen LogP contribution is 2.26. The van der Waals surface area contributed by atoms with Crippen molar-refractivity contribution in [2.24, 2.45) is 7.05 Å². The van der Waals surface area contributed by atoms with E-state index in [1.165, 1.54) is 0 Å². The molecule has 0 fully saturated rings. The molecule has 4 rings (SSSR count). The van der Waals surface area contributed by atoms with Gasteiger partial charge in [0, 0.05) is 18.7 Å². The predicted molar refractivity (Wildman–Crippen MR) is 88.0 cm³/mol. The fourth-order valence-corrected chi connectivity index (χ4v) is 2.70. The zero-order valence-corrected chi connectivity index (χ0v) is 12.5. The second-order valence-electron chi connectivity index (χ2n) is 5.33. The van der Waals surface area contributed by atoms with E-state index in [1.807, 2.05) is 60.1 Å². The number of nitriles is 1. The Hall–Kier alpha value is -3.39. The lowest BCUT2D eigenvalue weighted by Crippen LogP contribution is -1.99. The van der Waals surface area contributed by atoms with E-state index in [1.54, 1.807) is 17.1 Å². The van der Waals surface area contributed by atoms with E-state index in [0.29, 0.717) is 5.69 Å². The van der Waals surface area contributed by atoms with Crippen LogP contribution in [0.15, 0.2) is 60.9 Å². The van der Waals surface area contributed by atoms with Crippen LogP contribution in [0.1, 0.15) is 5.69 Å². The first kappa shape index (κ1) is 13.3. The van der Waals surface area contributed by atoms with Gasteiger partial charge in [-0.15, -0.1) is 0 Å². The van der Waals surface area contributed by atoms with Crippen LogP contribution in [0.3, 0.4) is 0 Å². The van der Waals surface area contributed by atoms with Gasteiger partial charge in [0.15, 0.2) is 5.69 Å². The number of para-hydroxylation sites is 1. The van der Waals surface area contributed by atoms with Crippen LogP contribution in [-0.4, -0.2) is 19.3 Å². The molecule has 5 heteroatoms. The molecule has 4 aromatic rings. The van der Waals surface area contributed by atoms with Gasteiger partial charge in [0.1, 0.15) is 6.07 Å². The second-order valence-corrected chi connectivity index (χ2v) is 5.33. The lowest BCUT2D eigenvalue weighted by Gasteiger charge is -2.07. The third kappa shape index (κ3) is 2.17. The van der Waals surface area contributed by atoms with Crippen molar-refractivity contribution >= 4 is 11.0 Å². The van der Waals surface area contributed by atoms with Crippen molar-refractivity contribution in [1.29, 1.82) is 5.26 Å². The molecule has 0 saturated carbocycles. The van der Waals surface area contributed by atoms with Crippen LogP contribution < -0.4 is 0 Å². The van der Waals surface area contributed by atoms with E-state index in [0.717, 1.165) is 28.0 Å². The number of hydrogen-bond donors (Lipinski definition) is 0. The minimum absolute atomic E-state index is 0.393. The Bertz CT molecular complexity index is 1030. The maximum Gasteiger partial charge on any atom is 0.163 e. The smallest absolute Gasteiger partial charge is 0.163 e. The van der Waals surface area contributed by atoms with Gasteiger partial charge in [0.05, 0.1) is 28.7 Å². The Morgan fingerprint density at radius 1 is 1.04 bits per heavy atom. The highest BCUT2D eigenvalue weighted by molar-refractivity contribution is 5.81. The first-order valence-electron chi connectivity index (χ1n) is 7.23. The molecule has 5 nitrogen and oxygen atoms in total. The maximum atomic E-state index is 9.20. The van der Waals surface area contributed by atoms with Gasteiger partial charge in [0.25, 0.3) is 0 Å². The van der Waals surface area contributed by atoms with E-state index in [9.17, 15) is 5.26 Å². The molecule has 0 amide bonds. The maximum absolute atomic E-state index is 9.20. The third-order valence-electron chi connectivity index (χ3n) is 3.85. The molecule has 110 valence electrons. The van der Waals surface area contributed by atoms with Crippen LogP contribution in [0.5, 0.6) is 0 Å². The van der Waals surface area contributed by atoms with Gasteiger partial charge >= 0.3 is 0 Å². The Labute approximate surface area is 133 Å². The van der Waals surface area contributed by atoms with Crippen molar-refractivity contribution in [3.8, 4) is 23.0 Å². The Kier molecular flexibility index (Phi) is 2.95. The minimum atomic E-state index is 0.393. The van der Waals surface area contributed by atoms with Crippen LogP contribution in [0, 0.1) is 11.3 Å². The fourth-order valence-electron chi connectivity index (χ4n) is 2.70. The minimum Gasteiger partial charge on any atom is -0.334 e. The zero-order valence-electron chi connectivity index (χ0n) is 12.5. The Balaban J connectivity index is 1.93. The number of rotatable bonds is 2. The molecule has 2 aromatic heterocycles. The van der Waals surface area contributed by atoms with Gasteiger partial charge < -0.3 is 4.57 Å². The van der Waals surface area contributed by atoms with Crippen LogP contribution in [0.4, 0.5) is 0 Å². The molecule has 23 heavy (non-hydrogen) atoms. The summed E-state index contributed by atoms with van der Waals surface area (Å²) in [7, 11) is 1.97. The molecular formula is C18H13N5. The molecule has 2 aromatic carbocycles. The van der Waals surface area contributed by atoms with Gasteiger partial charge in [0.2, 0.25) is 0 Å². The molecule has 0 spiro atoms. The van der Waals surface area contributed by atoms with Crippen LogP contribution in [0.25, 0.3) is 28.0 Å². The topological polar surface area (TPSA) is 59.4 Å². The number of fused-ring (bicyclic) bond motifs is 1. The van der Waals surface area contributed by atoms with Crippen molar-refractivity contribution in [3.63, 3.8) is 0 Å². The first-order valence-corrected chi connectivity index (χ1v) is 7.23. The van der Waals surface area contributed by atoms with Crippen molar-refractivity contribution in [1.82, 2.24) is 19.3 Å². The standard InChI is InChI=1S/C18H13N5/c1-22-12-20-16-9-13(7-8-17(16)22)18-10-14(11-19)21-23(18)15-5-3-2-4-6-15/h2-10,12H,1H3. The second kappa shape index (κ2) is 5.11. The van der Waals surface area contributed by atoms with Gasteiger partial charge in [-0.25, -0.2) is 9.67 Å². The summed E-state index contributed by atoms with van der Waals surface area (Å²) in [5.74, 6) is 0. The number of aryl methyl sites for hydroxylation is 1. The van der Waals surface area contributed by atoms with E-state index in [4.69, 9.17) is 0 Å². The van der Waals surface area contributed by atoms with Crippen molar-refractivity contribution in [2.75, 3.05) is 0 Å². The number of nitrogens with zero attached hydrogens (tertiary/aromatic N) is 5. The summed E-state index contributed by atoms with van der Waals surface area (Å²) in [6, 6.07) is 19.8. The van der Waals surface area contributed by atoms with Crippen LogP contribution in [-0.2, 0) is 7.05 Å².